The van der Waals surface area contributed by atoms with Gasteiger partial charge in [0.2, 0.25) is 0 Å². The van der Waals surface area contributed by atoms with Crippen molar-refractivity contribution in [2.24, 2.45) is 23.7 Å². The SMILES string of the molecule is CC(C)CCCC(C)CCC1(CCC(C)CCCC(C)C)Oc2cc(C(C)(C)C)sc2-c2sc(-c3c(F)c(F)c(C(C)(C)C)c4nsnc34)cc21. The van der Waals surface area contributed by atoms with Crippen molar-refractivity contribution in [3.63, 3.8) is 0 Å². The smallest absolute Gasteiger partial charge is 0.170 e. The van der Waals surface area contributed by atoms with Crippen molar-refractivity contribution >= 4 is 45.4 Å². The fourth-order valence-electron chi connectivity index (χ4n) is 7.61. The van der Waals surface area contributed by atoms with Crippen LogP contribution in [0.2, 0.25) is 0 Å². The van der Waals surface area contributed by atoms with Gasteiger partial charge in [0.05, 0.1) is 27.0 Å². The van der Waals surface area contributed by atoms with Gasteiger partial charge in [-0.1, -0.05) is 122 Å². The highest BCUT2D eigenvalue weighted by molar-refractivity contribution is 7.24. The second kappa shape index (κ2) is 15.8. The lowest BCUT2D eigenvalue weighted by atomic mass is 9.78. The van der Waals surface area contributed by atoms with Crippen LogP contribution in [0.4, 0.5) is 8.78 Å². The summed E-state index contributed by atoms with van der Waals surface area (Å²) in [5.74, 6) is 1.87. The summed E-state index contributed by atoms with van der Waals surface area (Å²) in [4.78, 5) is 4.22. The maximum absolute atomic E-state index is 16.5. The molecule has 0 amide bonds. The molecule has 0 aliphatic carbocycles. The zero-order chi connectivity index (χ0) is 37.5. The van der Waals surface area contributed by atoms with Gasteiger partial charge in [-0.15, -0.1) is 22.7 Å². The summed E-state index contributed by atoms with van der Waals surface area (Å²) in [6.07, 6.45) is 11.3. The molecule has 0 radical (unpaired) electrons. The number of thiophene rings is 2. The van der Waals surface area contributed by atoms with E-state index in [0.29, 0.717) is 45.1 Å². The molecule has 3 nitrogen and oxygen atoms in total. The molecule has 282 valence electrons. The highest BCUT2D eigenvalue weighted by Gasteiger charge is 2.44. The highest BCUT2D eigenvalue weighted by Crippen LogP contribution is 2.59. The Labute approximate surface area is 319 Å². The molecule has 5 rings (SSSR count). The molecule has 0 fully saturated rings. The van der Waals surface area contributed by atoms with Gasteiger partial charge in [-0.3, -0.25) is 0 Å². The standard InChI is InChI=1S/C43H62F2N2OS3/c1-25(2)15-13-17-27(5)19-21-43(22-20-28(6)18-14-16-26(3)4)29-23-31(49-39(29)40-30(48-43)24-32(50-40)41(7,8)9)33-35(44)36(45)34(42(10,11)12)38-37(33)46-51-47-38/h23-28H,13-22H2,1-12H3. The van der Waals surface area contributed by atoms with E-state index in [4.69, 9.17) is 4.74 Å². The first kappa shape index (κ1) is 40.3. The van der Waals surface area contributed by atoms with E-state index in [9.17, 15) is 0 Å². The number of fused-ring (bicyclic) bond motifs is 4. The quantitative estimate of drug-likeness (QED) is 0.121. The Morgan fingerprint density at radius 2 is 1.25 bits per heavy atom. The fraction of sp³-hybridized carbons (Fsp3) is 0.674. The van der Waals surface area contributed by atoms with Crippen molar-refractivity contribution in [2.45, 2.75) is 164 Å². The lowest BCUT2D eigenvalue weighted by Crippen LogP contribution is -2.36. The van der Waals surface area contributed by atoms with Crippen LogP contribution < -0.4 is 4.74 Å². The van der Waals surface area contributed by atoms with Gasteiger partial charge in [-0.05, 0) is 72.3 Å². The van der Waals surface area contributed by atoms with E-state index < -0.39 is 22.7 Å². The van der Waals surface area contributed by atoms with Crippen molar-refractivity contribution in [1.82, 2.24) is 8.75 Å². The summed E-state index contributed by atoms with van der Waals surface area (Å²) in [6, 6.07) is 4.40. The van der Waals surface area contributed by atoms with Gasteiger partial charge in [-0.2, -0.15) is 8.75 Å². The van der Waals surface area contributed by atoms with E-state index in [1.165, 1.54) is 43.4 Å². The van der Waals surface area contributed by atoms with Crippen LogP contribution in [0.3, 0.4) is 0 Å². The molecular formula is C43H62F2N2OS3. The number of halogens is 2. The minimum atomic E-state index is -0.829. The molecule has 2 atom stereocenters. The highest BCUT2D eigenvalue weighted by atomic mass is 32.1. The van der Waals surface area contributed by atoms with Gasteiger partial charge < -0.3 is 4.74 Å². The predicted molar refractivity (Wildman–Crippen MR) is 218 cm³/mol. The normalized spacial score (nSPS) is 17.6. The predicted octanol–water partition coefficient (Wildman–Crippen LogP) is 15.1. The van der Waals surface area contributed by atoms with Crippen molar-refractivity contribution in [3.05, 3.63) is 39.8 Å². The molecule has 8 heteroatoms. The van der Waals surface area contributed by atoms with Crippen LogP contribution >= 0.6 is 34.4 Å². The first-order valence-electron chi connectivity index (χ1n) is 19.4. The Hall–Kier alpha value is -1.90. The average Bonchev–Trinajstić information content (AvgIpc) is 3.77. The van der Waals surface area contributed by atoms with E-state index in [1.54, 1.807) is 22.7 Å². The Balaban J connectivity index is 1.65. The third-order valence-electron chi connectivity index (χ3n) is 10.8. The minimum Gasteiger partial charge on any atom is -0.481 e. The number of hydrogen-bond donors (Lipinski definition) is 0. The van der Waals surface area contributed by atoms with Crippen LogP contribution in [0.25, 0.3) is 31.2 Å². The number of nitrogens with zero attached hydrogens (tertiary/aromatic N) is 2. The number of rotatable bonds is 15. The monoisotopic (exact) mass is 756 g/mol. The first-order chi connectivity index (χ1) is 23.8. The average molecular weight is 757 g/mol. The molecule has 0 saturated carbocycles. The van der Waals surface area contributed by atoms with Crippen molar-refractivity contribution in [3.8, 4) is 25.9 Å². The molecule has 3 aromatic heterocycles. The molecule has 51 heavy (non-hydrogen) atoms. The molecule has 1 aromatic carbocycles. The molecular weight excluding hydrogens is 695 g/mol. The summed E-state index contributed by atoms with van der Waals surface area (Å²) < 4.78 is 49.1. The van der Waals surface area contributed by atoms with Crippen LogP contribution in [0.15, 0.2) is 12.1 Å². The number of ether oxygens (including phenoxy) is 1. The molecule has 1 aliphatic rings. The summed E-state index contributed by atoms with van der Waals surface area (Å²) in [5, 5.41) is 0. The maximum atomic E-state index is 16.5. The van der Waals surface area contributed by atoms with Crippen LogP contribution in [0, 0.1) is 35.3 Å². The summed E-state index contributed by atoms with van der Waals surface area (Å²) in [7, 11) is 0. The summed E-state index contributed by atoms with van der Waals surface area (Å²) >= 11 is 4.38. The Morgan fingerprint density at radius 3 is 1.78 bits per heavy atom. The van der Waals surface area contributed by atoms with Crippen LogP contribution in [0.1, 0.15) is 163 Å². The van der Waals surface area contributed by atoms with E-state index >= 15 is 8.78 Å². The van der Waals surface area contributed by atoms with Gasteiger partial charge in [0.15, 0.2) is 11.6 Å². The maximum Gasteiger partial charge on any atom is 0.170 e. The lowest BCUT2D eigenvalue weighted by Gasteiger charge is -2.39. The van der Waals surface area contributed by atoms with Gasteiger partial charge in [0.1, 0.15) is 22.4 Å². The summed E-state index contributed by atoms with van der Waals surface area (Å²) in [6.45, 7) is 26.4. The van der Waals surface area contributed by atoms with Crippen molar-refractivity contribution < 1.29 is 13.5 Å². The fourth-order valence-corrected chi connectivity index (χ4v) is 10.8. The second-order valence-electron chi connectivity index (χ2n) is 18.5. The summed E-state index contributed by atoms with van der Waals surface area (Å²) in [5.41, 5.74) is 1.36. The van der Waals surface area contributed by atoms with Crippen LogP contribution in [-0.4, -0.2) is 8.75 Å². The van der Waals surface area contributed by atoms with Crippen molar-refractivity contribution in [2.75, 3.05) is 0 Å². The van der Waals surface area contributed by atoms with E-state index in [-0.39, 0.29) is 11.0 Å². The minimum absolute atomic E-state index is 0.0411. The number of aromatic nitrogens is 2. The molecule has 0 N–H and O–H groups in total. The second-order valence-corrected chi connectivity index (χ2v) is 21.2. The van der Waals surface area contributed by atoms with Crippen LogP contribution in [-0.2, 0) is 16.4 Å². The molecule has 1 aliphatic heterocycles. The molecule has 4 heterocycles. The van der Waals surface area contributed by atoms with E-state index in [0.717, 1.165) is 58.5 Å². The topological polar surface area (TPSA) is 35.0 Å². The Morgan fingerprint density at radius 1 is 0.686 bits per heavy atom. The van der Waals surface area contributed by atoms with Gasteiger partial charge in [0.25, 0.3) is 0 Å². The Bertz CT molecular complexity index is 1760. The largest absolute Gasteiger partial charge is 0.481 e. The zero-order valence-electron chi connectivity index (χ0n) is 33.3. The Kier molecular flexibility index (Phi) is 12.5. The first-order valence-corrected chi connectivity index (χ1v) is 21.8. The van der Waals surface area contributed by atoms with E-state index in [1.807, 2.05) is 20.8 Å². The molecule has 0 spiro atoms. The van der Waals surface area contributed by atoms with Crippen LogP contribution in [0.5, 0.6) is 5.75 Å². The van der Waals surface area contributed by atoms with Gasteiger partial charge >= 0.3 is 0 Å². The van der Waals surface area contributed by atoms with E-state index in [2.05, 4.69) is 83.2 Å². The lowest BCUT2D eigenvalue weighted by molar-refractivity contribution is 0.0323. The third kappa shape index (κ3) is 8.91. The molecule has 2 unspecified atom stereocenters. The molecule has 0 saturated heterocycles. The third-order valence-corrected chi connectivity index (χ3v) is 14.2. The van der Waals surface area contributed by atoms with Crippen molar-refractivity contribution in [1.29, 1.82) is 0 Å². The molecule has 0 bridgehead atoms. The van der Waals surface area contributed by atoms with Gasteiger partial charge in [-0.25, -0.2) is 8.78 Å². The number of benzene rings is 1. The van der Waals surface area contributed by atoms with Gasteiger partial charge in [0, 0.05) is 20.9 Å². The molecule has 4 aromatic rings. The number of hydrogen-bond acceptors (Lipinski definition) is 6. The zero-order valence-corrected chi connectivity index (χ0v) is 35.8.